The molecule has 0 saturated heterocycles. The van der Waals surface area contributed by atoms with Gasteiger partial charge in [0, 0.05) is 0 Å². The summed E-state index contributed by atoms with van der Waals surface area (Å²) in [5.74, 6) is 0.958. The van der Waals surface area contributed by atoms with Crippen LogP contribution in [0.15, 0.2) is 36.0 Å². The van der Waals surface area contributed by atoms with Crippen molar-refractivity contribution in [2.24, 2.45) is 11.3 Å². The van der Waals surface area contributed by atoms with Crippen LogP contribution in [-0.4, -0.2) is 0 Å². The van der Waals surface area contributed by atoms with Crippen LogP contribution in [-0.2, 0) is 0 Å². The van der Waals surface area contributed by atoms with Gasteiger partial charge in [-0.05, 0) is 49.0 Å². The lowest BCUT2D eigenvalue weighted by atomic mass is 9.69. The van der Waals surface area contributed by atoms with Crippen molar-refractivity contribution in [2.75, 3.05) is 0 Å². The Hall–Kier alpha value is -0.780. The Labute approximate surface area is 100 Å². The monoisotopic (exact) mass is 216 g/mol. The van der Waals surface area contributed by atoms with Crippen molar-refractivity contribution in [1.82, 2.24) is 0 Å². The van der Waals surface area contributed by atoms with Gasteiger partial charge in [0.15, 0.2) is 0 Å². The van der Waals surface area contributed by atoms with E-state index in [4.69, 9.17) is 0 Å². The van der Waals surface area contributed by atoms with Gasteiger partial charge in [-0.2, -0.15) is 0 Å². The lowest BCUT2D eigenvalue weighted by Gasteiger charge is -2.36. The van der Waals surface area contributed by atoms with Crippen LogP contribution in [0.2, 0.25) is 0 Å². The summed E-state index contributed by atoms with van der Waals surface area (Å²) >= 11 is 0. The average Bonchev–Trinajstić information content (AvgIpc) is 3.11. The summed E-state index contributed by atoms with van der Waals surface area (Å²) in [4.78, 5) is 0. The van der Waals surface area contributed by atoms with Gasteiger partial charge in [-0.25, -0.2) is 0 Å². The zero-order chi connectivity index (χ0) is 11.6. The maximum atomic E-state index is 4.03. The molecule has 0 aromatic rings. The standard InChI is InChI=1S/C16H24/c1-4-12-16(5-2,15-10-11-15)14-8-6-13(3)7-9-14/h6,8-9,15H,3-5,7,10-12H2,1-2H3. The van der Waals surface area contributed by atoms with E-state index < -0.39 is 0 Å². The molecule has 88 valence electrons. The molecular formula is C16H24. The minimum atomic E-state index is 0.492. The van der Waals surface area contributed by atoms with Crippen LogP contribution < -0.4 is 0 Å². The Bertz CT molecular complexity index is 328. The zero-order valence-corrected chi connectivity index (χ0v) is 10.8. The predicted molar refractivity (Wildman–Crippen MR) is 71.3 cm³/mol. The first-order valence-corrected chi connectivity index (χ1v) is 6.79. The molecule has 0 radical (unpaired) electrons. The van der Waals surface area contributed by atoms with Crippen LogP contribution in [0.5, 0.6) is 0 Å². The third kappa shape index (κ3) is 2.03. The molecule has 0 N–H and O–H groups in total. The minimum Gasteiger partial charge on any atom is -0.0955 e. The molecule has 0 aromatic heterocycles. The summed E-state index contributed by atoms with van der Waals surface area (Å²) in [6, 6.07) is 0. The normalized spacial score (nSPS) is 24.1. The zero-order valence-electron chi connectivity index (χ0n) is 10.8. The second-order valence-corrected chi connectivity index (χ2v) is 5.39. The third-order valence-electron chi connectivity index (χ3n) is 4.34. The van der Waals surface area contributed by atoms with Crippen molar-refractivity contribution in [2.45, 2.75) is 52.4 Å². The number of rotatable bonds is 5. The smallest absolute Gasteiger partial charge is 0.00245 e. The molecular weight excluding hydrogens is 192 g/mol. The fourth-order valence-corrected chi connectivity index (χ4v) is 3.29. The lowest BCUT2D eigenvalue weighted by Crippen LogP contribution is -2.25. The second-order valence-electron chi connectivity index (χ2n) is 5.39. The minimum absolute atomic E-state index is 0.492. The number of hydrogen-bond donors (Lipinski definition) is 0. The fourth-order valence-electron chi connectivity index (χ4n) is 3.29. The van der Waals surface area contributed by atoms with Gasteiger partial charge in [-0.3, -0.25) is 0 Å². The van der Waals surface area contributed by atoms with Gasteiger partial charge in [0.1, 0.15) is 0 Å². The van der Waals surface area contributed by atoms with Gasteiger partial charge >= 0.3 is 0 Å². The molecule has 0 amide bonds. The Balaban J connectivity index is 2.24. The maximum Gasteiger partial charge on any atom is -0.00245 e. The summed E-state index contributed by atoms with van der Waals surface area (Å²) in [5.41, 5.74) is 3.35. The molecule has 2 aliphatic carbocycles. The van der Waals surface area contributed by atoms with Gasteiger partial charge in [-0.1, -0.05) is 50.6 Å². The van der Waals surface area contributed by atoms with E-state index in [0.717, 1.165) is 12.3 Å². The van der Waals surface area contributed by atoms with Gasteiger partial charge in [0.25, 0.3) is 0 Å². The van der Waals surface area contributed by atoms with E-state index >= 15 is 0 Å². The van der Waals surface area contributed by atoms with Crippen molar-refractivity contribution < 1.29 is 0 Å². The van der Waals surface area contributed by atoms with Crippen molar-refractivity contribution in [1.29, 1.82) is 0 Å². The summed E-state index contributed by atoms with van der Waals surface area (Å²) in [7, 11) is 0. The molecule has 0 bridgehead atoms. The molecule has 0 aromatic carbocycles. The lowest BCUT2D eigenvalue weighted by molar-refractivity contribution is 0.268. The van der Waals surface area contributed by atoms with Crippen molar-refractivity contribution in [3.63, 3.8) is 0 Å². The third-order valence-corrected chi connectivity index (χ3v) is 4.34. The second kappa shape index (κ2) is 4.61. The summed E-state index contributed by atoms with van der Waals surface area (Å²) in [6.45, 7) is 8.72. The highest BCUT2D eigenvalue weighted by Gasteiger charge is 2.44. The van der Waals surface area contributed by atoms with E-state index in [1.807, 2.05) is 0 Å². The van der Waals surface area contributed by atoms with E-state index in [9.17, 15) is 0 Å². The predicted octanol–water partition coefficient (Wildman–Crippen LogP) is 5.04. The molecule has 1 saturated carbocycles. The Morgan fingerprint density at radius 3 is 2.50 bits per heavy atom. The highest BCUT2D eigenvalue weighted by atomic mass is 14.5. The van der Waals surface area contributed by atoms with Crippen LogP contribution in [0.1, 0.15) is 52.4 Å². The van der Waals surface area contributed by atoms with Gasteiger partial charge < -0.3 is 0 Å². The van der Waals surface area contributed by atoms with E-state index in [1.54, 1.807) is 5.57 Å². The molecule has 0 heteroatoms. The number of hydrogen-bond acceptors (Lipinski definition) is 0. The van der Waals surface area contributed by atoms with Crippen molar-refractivity contribution >= 4 is 0 Å². The molecule has 2 aliphatic rings. The van der Waals surface area contributed by atoms with E-state index in [1.165, 1.54) is 37.7 Å². The molecule has 0 heterocycles. The first-order valence-electron chi connectivity index (χ1n) is 6.79. The summed E-state index contributed by atoms with van der Waals surface area (Å²) in [6.07, 6.45) is 14.9. The molecule has 2 rings (SSSR count). The van der Waals surface area contributed by atoms with Crippen LogP contribution in [0.3, 0.4) is 0 Å². The van der Waals surface area contributed by atoms with E-state index in [-0.39, 0.29) is 0 Å². The first-order chi connectivity index (χ1) is 7.73. The molecule has 1 atom stereocenters. The number of allylic oxidation sites excluding steroid dienone is 5. The summed E-state index contributed by atoms with van der Waals surface area (Å²) < 4.78 is 0. The average molecular weight is 216 g/mol. The van der Waals surface area contributed by atoms with Gasteiger partial charge in [-0.15, -0.1) is 0 Å². The molecule has 0 aliphatic heterocycles. The Kier molecular flexibility index (Phi) is 3.37. The first kappa shape index (κ1) is 11.7. The molecule has 1 fully saturated rings. The SMILES string of the molecule is C=C1C=CC(C(CC)(CCC)C2CC2)=CC1. The highest BCUT2D eigenvalue weighted by Crippen LogP contribution is 2.55. The van der Waals surface area contributed by atoms with Crippen LogP contribution in [0, 0.1) is 11.3 Å². The van der Waals surface area contributed by atoms with Gasteiger partial charge in [0.2, 0.25) is 0 Å². The van der Waals surface area contributed by atoms with E-state index in [0.29, 0.717) is 5.41 Å². The highest BCUT2D eigenvalue weighted by molar-refractivity contribution is 5.39. The molecule has 0 spiro atoms. The molecule has 16 heavy (non-hydrogen) atoms. The van der Waals surface area contributed by atoms with Crippen LogP contribution in [0.4, 0.5) is 0 Å². The van der Waals surface area contributed by atoms with E-state index in [2.05, 4.69) is 38.7 Å². The molecule has 0 nitrogen and oxygen atoms in total. The van der Waals surface area contributed by atoms with Crippen molar-refractivity contribution in [3.8, 4) is 0 Å². The van der Waals surface area contributed by atoms with Gasteiger partial charge in [0.05, 0.1) is 0 Å². The van der Waals surface area contributed by atoms with Crippen LogP contribution in [0.25, 0.3) is 0 Å². The largest absolute Gasteiger partial charge is 0.0955 e. The molecule has 1 unspecified atom stereocenters. The summed E-state index contributed by atoms with van der Waals surface area (Å²) in [5, 5.41) is 0. The maximum absolute atomic E-state index is 4.03. The topological polar surface area (TPSA) is 0 Å². The Morgan fingerprint density at radius 2 is 2.06 bits per heavy atom. The van der Waals surface area contributed by atoms with Crippen LogP contribution >= 0.6 is 0 Å². The Morgan fingerprint density at radius 1 is 1.31 bits per heavy atom. The quantitative estimate of drug-likeness (QED) is 0.604. The fraction of sp³-hybridized carbons (Fsp3) is 0.625. The van der Waals surface area contributed by atoms with Crippen molar-refractivity contribution in [3.05, 3.63) is 36.0 Å².